The minimum absolute atomic E-state index is 0.0146. The van der Waals surface area contributed by atoms with E-state index in [4.69, 9.17) is 9.72 Å². The Morgan fingerprint density at radius 2 is 1.54 bits per heavy atom. The minimum Gasteiger partial charge on any atom is -0.483 e. The summed E-state index contributed by atoms with van der Waals surface area (Å²) in [7, 11) is 0. The first-order valence-electron chi connectivity index (χ1n) is 32.3. The number of hydrazine groups is 1. The molecule has 3 aromatic heterocycles. The fraction of sp³-hybridized carbons (Fsp3) is 0.451. The van der Waals surface area contributed by atoms with Crippen molar-refractivity contribution in [1.29, 1.82) is 5.41 Å². The molecule has 10 rings (SSSR count). The number of carbonyl (C=O) groups excluding carboxylic acids is 4. The van der Waals surface area contributed by atoms with Crippen LogP contribution in [0.4, 0.5) is 4.39 Å². The summed E-state index contributed by atoms with van der Waals surface area (Å²) in [5, 5.41) is 40.0. The van der Waals surface area contributed by atoms with Crippen molar-refractivity contribution >= 4 is 46.0 Å². The summed E-state index contributed by atoms with van der Waals surface area (Å²) < 4.78 is 25.0. The van der Waals surface area contributed by atoms with E-state index in [1.807, 2.05) is 72.4 Å². The molecule has 484 valence electrons. The smallest absolute Gasteiger partial charge is 0.313 e. The predicted octanol–water partition coefficient (Wildman–Crippen LogP) is 10.1. The van der Waals surface area contributed by atoms with Crippen molar-refractivity contribution < 1.29 is 43.4 Å². The van der Waals surface area contributed by atoms with E-state index in [-0.39, 0.29) is 62.9 Å². The SMILES string of the molecule is Cc1ncsc1-c1ccc(CN[N+](=O)[C@@H]2C[C@@H](O)CN2C(=O)[C@@H](NC(=O)C2(F)CC2)C(C)(C)C)c(OCC(=O)NCCCCCCNC(=O)CCCCC#Cc2cccc(Cn3c(-c4ccccc4)c(-c4ccccc4)c4c(=N)n(C5CCC(O)CC5)cnc43)c2)c1. The largest absolute Gasteiger partial charge is 0.483 e. The van der Waals surface area contributed by atoms with Crippen LogP contribution in [0.2, 0.25) is 0 Å². The molecule has 92 heavy (non-hydrogen) atoms. The molecule has 3 fully saturated rings. The van der Waals surface area contributed by atoms with E-state index >= 15 is 0 Å². The molecule has 0 unspecified atom stereocenters. The zero-order chi connectivity index (χ0) is 64.9. The molecular weight excluding hydrogens is 1190 g/mol. The van der Waals surface area contributed by atoms with Gasteiger partial charge in [-0.3, -0.25) is 29.5 Å². The predicted molar refractivity (Wildman–Crippen MR) is 352 cm³/mol. The summed E-state index contributed by atoms with van der Waals surface area (Å²) in [5.74, 6) is 5.28. The number of fused-ring (bicyclic) bond motifs is 1. The highest BCUT2D eigenvalue weighted by Crippen LogP contribution is 2.42. The number of β-amino-alcohol motifs (C(OH)–C–C–N with tert-alkyl or cyclic N) is 1. The van der Waals surface area contributed by atoms with E-state index in [9.17, 15) is 44.1 Å². The van der Waals surface area contributed by atoms with E-state index in [1.54, 1.807) is 38.4 Å². The number of nitrogens with zero attached hydrogens (tertiary/aromatic N) is 6. The van der Waals surface area contributed by atoms with E-state index in [1.165, 1.54) is 16.2 Å². The molecule has 0 radical (unpaired) electrons. The van der Waals surface area contributed by atoms with E-state index in [2.05, 4.69) is 79.2 Å². The van der Waals surface area contributed by atoms with Gasteiger partial charge in [-0.2, -0.15) is 0 Å². The minimum atomic E-state index is -2.00. The number of halogens is 1. The van der Waals surface area contributed by atoms with Crippen molar-refractivity contribution in [3.63, 3.8) is 0 Å². The number of thiazole rings is 1. The van der Waals surface area contributed by atoms with Gasteiger partial charge in [0, 0.05) is 55.2 Å². The highest BCUT2D eigenvalue weighted by molar-refractivity contribution is 7.13. The molecule has 0 bridgehead atoms. The molecule has 4 amide bonds. The lowest BCUT2D eigenvalue weighted by Crippen LogP contribution is -2.59. The van der Waals surface area contributed by atoms with Gasteiger partial charge < -0.3 is 40.0 Å². The summed E-state index contributed by atoms with van der Waals surface area (Å²) in [6, 6.07) is 33.3. The third-order valence-corrected chi connectivity index (χ3v) is 18.5. The Hall–Kier alpha value is -8.58. The molecule has 2 saturated carbocycles. The van der Waals surface area contributed by atoms with Crippen LogP contribution in [0.25, 0.3) is 43.9 Å². The Morgan fingerprint density at radius 3 is 2.23 bits per heavy atom. The second-order valence-electron chi connectivity index (χ2n) is 25.7. The molecule has 7 N–H and O–H groups in total. The monoisotopic (exact) mass is 1270 g/mol. The van der Waals surface area contributed by atoms with Gasteiger partial charge in [0.1, 0.15) is 34.3 Å². The number of hydrogen-bond acceptors (Lipinski definition) is 12. The van der Waals surface area contributed by atoms with Gasteiger partial charge in [0.2, 0.25) is 5.91 Å². The maximum atomic E-state index is 14.7. The van der Waals surface area contributed by atoms with Gasteiger partial charge in [0.25, 0.3) is 17.7 Å². The number of likely N-dealkylation sites (tertiary alicyclic amines) is 1. The van der Waals surface area contributed by atoms with Crippen molar-refractivity contribution in [2.75, 3.05) is 26.2 Å². The van der Waals surface area contributed by atoms with Gasteiger partial charge in [0.05, 0.1) is 63.6 Å². The molecule has 19 nitrogen and oxygen atoms in total. The molecule has 2 aliphatic carbocycles. The molecule has 21 heteroatoms. The van der Waals surface area contributed by atoms with Crippen LogP contribution in [0, 0.1) is 34.5 Å². The number of hydrogen-bond donors (Lipinski definition) is 7. The number of nitroso groups, excluding NO2 is 1. The number of rotatable bonds is 27. The average Bonchev–Trinajstić information content (AvgIpc) is 1.65. The summed E-state index contributed by atoms with van der Waals surface area (Å²) in [4.78, 5) is 78.4. The van der Waals surface area contributed by atoms with Crippen LogP contribution in [0.1, 0.15) is 146 Å². The van der Waals surface area contributed by atoms with Gasteiger partial charge in [-0.1, -0.05) is 130 Å². The molecule has 7 aromatic rings. The van der Waals surface area contributed by atoms with Crippen LogP contribution in [0.3, 0.4) is 0 Å². The number of aliphatic hydroxyl groups excluding tert-OH is 2. The van der Waals surface area contributed by atoms with Crippen LogP contribution in [-0.4, -0.2) is 119 Å². The maximum absolute atomic E-state index is 14.7. The fourth-order valence-corrected chi connectivity index (χ4v) is 13.0. The Labute approximate surface area is 540 Å². The van der Waals surface area contributed by atoms with E-state index < -0.39 is 41.2 Å². The van der Waals surface area contributed by atoms with Crippen molar-refractivity contribution in [2.45, 2.75) is 173 Å². The second-order valence-corrected chi connectivity index (χ2v) is 26.5. The lowest BCUT2D eigenvalue weighted by Gasteiger charge is -2.33. The number of ether oxygens (including phenoxy) is 1. The number of nitrogens with one attached hydrogen (secondary N) is 5. The first-order valence-corrected chi connectivity index (χ1v) is 33.2. The lowest BCUT2D eigenvalue weighted by atomic mass is 9.85. The van der Waals surface area contributed by atoms with Crippen molar-refractivity contribution in [2.24, 2.45) is 5.41 Å². The third-order valence-electron chi connectivity index (χ3n) is 17.6. The molecule has 1 saturated heterocycles. The standard InChI is InChI=1S/C71H84FN11O8S/c1-47-64(92-46-77-47)52-28-29-53(41-78-83(90)60-40-56(85)43-80(60)68(88)65(70(2,3)4)79-69(89)71(72)34-35-71)57(39-52)91-44-59(87)75-37-18-8-7-17-36-74-58(86)27-16-6-5-11-20-48-21-19-22-49(38-48)42-81-63(51-25-14-10-15-26-51)61(50-23-12-9-13-24-50)62-66(73)82(45-76-67(62)81)54-30-32-55(84)33-31-54/h9-10,12-15,19,21-26,28-29,38-39,45-46,54-56,60,65,73,84-85H,5-8,16-18,27,30-37,40-44H2,1-4H3,(H3-,74,75,78,79,86,87,89,90)/p+1/t54?,55?,56-,60-,65-/m1/s1. The number of unbranched alkanes of at least 4 members (excludes halogenated alkanes) is 5. The molecule has 3 atom stereocenters. The molecular formula is C71H85FN11O8S+. The average molecular weight is 1270 g/mol. The zero-order valence-electron chi connectivity index (χ0n) is 53.0. The molecule has 4 aromatic carbocycles. The number of carbonyl (C=O) groups is 4. The van der Waals surface area contributed by atoms with Gasteiger partial charge in [-0.15, -0.1) is 16.8 Å². The number of amides is 4. The Kier molecular flexibility index (Phi) is 21.8. The van der Waals surface area contributed by atoms with Crippen molar-refractivity contribution in [3.05, 3.63) is 148 Å². The van der Waals surface area contributed by atoms with Crippen LogP contribution in [-0.2, 0) is 32.3 Å². The summed E-state index contributed by atoms with van der Waals surface area (Å²) in [6.45, 7) is 8.15. The van der Waals surface area contributed by atoms with Gasteiger partial charge in [0.15, 0.2) is 12.3 Å². The third kappa shape index (κ3) is 16.5. The second kappa shape index (κ2) is 30.2. The Morgan fingerprint density at radius 1 is 0.837 bits per heavy atom. The Bertz CT molecular complexity index is 3880. The van der Waals surface area contributed by atoms with Crippen LogP contribution in [0.15, 0.2) is 115 Å². The maximum Gasteiger partial charge on any atom is 0.313 e. The number of aromatic nitrogens is 4. The van der Waals surface area contributed by atoms with Crippen molar-refractivity contribution in [1.82, 2.24) is 45.4 Å². The summed E-state index contributed by atoms with van der Waals surface area (Å²) in [6.07, 6.45) is 8.37. The van der Waals surface area contributed by atoms with E-state index in [0.717, 1.165) is 112 Å². The molecule has 4 heterocycles. The first-order chi connectivity index (χ1) is 44.3. The van der Waals surface area contributed by atoms with E-state index in [0.29, 0.717) is 67.0 Å². The zero-order valence-corrected chi connectivity index (χ0v) is 53.8. The summed E-state index contributed by atoms with van der Waals surface area (Å²) in [5.41, 5.74) is 11.1. The Balaban J connectivity index is 0.648. The lowest BCUT2D eigenvalue weighted by molar-refractivity contribution is -0.657. The van der Waals surface area contributed by atoms with Crippen LogP contribution in [0.5, 0.6) is 5.75 Å². The fourth-order valence-electron chi connectivity index (χ4n) is 12.2. The van der Waals surface area contributed by atoms with Crippen LogP contribution >= 0.6 is 11.3 Å². The van der Waals surface area contributed by atoms with Crippen molar-refractivity contribution in [3.8, 4) is 50.4 Å². The first kappa shape index (κ1) is 66.3. The van der Waals surface area contributed by atoms with Crippen LogP contribution < -0.4 is 31.6 Å². The number of benzene rings is 4. The highest BCUT2D eigenvalue weighted by Gasteiger charge is 2.54. The highest BCUT2D eigenvalue weighted by atomic mass is 32.1. The van der Waals surface area contributed by atoms with Gasteiger partial charge in [-0.25, -0.2) is 14.4 Å². The molecule has 3 aliphatic rings. The molecule has 0 spiro atoms. The van der Waals surface area contributed by atoms with Gasteiger partial charge in [-0.05, 0) is 117 Å². The normalized spacial score (nSPS) is 17.9. The topological polar surface area (TPSA) is 249 Å². The molecule has 1 aliphatic heterocycles. The summed E-state index contributed by atoms with van der Waals surface area (Å²) >= 11 is 1.46. The number of alkyl halides is 1. The number of aliphatic hydroxyl groups is 2. The van der Waals surface area contributed by atoms with Gasteiger partial charge >= 0.3 is 6.17 Å². The quantitative estimate of drug-likeness (QED) is 0.0110. The number of aryl methyl sites for hydroxylation is 1.